The molecule has 0 fully saturated rings. The first-order valence-electron chi connectivity index (χ1n) is 5.18. The van der Waals surface area contributed by atoms with Gasteiger partial charge in [-0.1, -0.05) is 0 Å². The molecule has 4 heterocycles. The number of aromatic nitrogens is 7. The second-order valence-electron chi connectivity index (χ2n) is 2.61. The van der Waals surface area contributed by atoms with Crippen molar-refractivity contribution in [1.82, 2.24) is 33.5 Å². The van der Waals surface area contributed by atoms with E-state index in [1.165, 1.54) is 23.3 Å². The molecule has 0 atom stereocenters. The summed E-state index contributed by atoms with van der Waals surface area (Å²) in [7, 11) is 0. The third kappa shape index (κ3) is 11.1. The van der Waals surface area contributed by atoms with E-state index in [-0.39, 0.29) is 0 Å². The van der Waals surface area contributed by atoms with E-state index >= 15 is 0 Å². The fourth-order valence-electron chi connectivity index (χ4n) is 0.654. The molecule has 0 aliphatic carbocycles. The number of aromatic amines is 1. The third-order valence-electron chi connectivity index (χ3n) is 1.31. The van der Waals surface area contributed by atoms with E-state index in [0.717, 1.165) is 0 Å². The molecule has 0 aromatic carbocycles. The van der Waals surface area contributed by atoms with Crippen molar-refractivity contribution in [3.63, 3.8) is 0 Å². The van der Waals surface area contributed by atoms with Gasteiger partial charge in [-0.3, -0.25) is 4.98 Å². The molecule has 0 radical (unpaired) electrons. The van der Waals surface area contributed by atoms with Gasteiger partial charge in [0.1, 0.15) is 0 Å². The van der Waals surface area contributed by atoms with Crippen LogP contribution in [0.25, 0.3) is 0 Å². The molecule has 0 saturated carbocycles. The molecule has 0 saturated heterocycles. The minimum Gasteiger partial charge on any atom is -0.253 e. The predicted molar refractivity (Wildman–Crippen MR) is 80.5 cm³/mol. The van der Waals surface area contributed by atoms with Crippen LogP contribution in [0, 0.1) is 0 Å². The molecular formula is C10H11N7S3. The van der Waals surface area contributed by atoms with Crippen molar-refractivity contribution in [2.24, 2.45) is 0 Å². The maximum atomic E-state index is 3.76. The second kappa shape index (κ2) is 13.4. The Balaban J connectivity index is 0.000000133. The zero-order valence-corrected chi connectivity index (χ0v) is 12.6. The Morgan fingerprint density at radius 2 is 1.55 bits per heavy atom. The monoisotopic (exact) mass is 325 g/mol. The Morgan fingerprint density at radius 1 is 0.750 bits per heavy atom. The molecule has 0 unspecified atom stereocenters. The van der Waals surface area contributed by atoms with Crippen molar-refractivity contribution in [2.75, 3.05) is 0 Å². The average molecular weight is 325 g/mol. The summed E-state index contributed by atoms with van der Waals surface area (Å²) < 4.78 is 11.1. The van der Waals surface area contributed by atoms with Crippen molar-refractivity contribution in [3.05, 3.63) is 59.5 Å². The average Bonchev–Trinajstić information content (AvgIpc) is 3.40. The van der Waals surface area contributed by atoms with E-state index in [1.807, 2.05) is 16.8 Å². The number of hydrogen-bond acceptors (Lipinski definition) is 9. The number of thiazole rings is 1. The van der Waals surface area contributed by atoms with Crippen molar-refractivity contribution in [1.29, 1.82) is 0 Å². The molecule has 4 aromatic heterocycles. The van der Waals surface area contributed by atoms with Gasteiger partial charge >= 0.3 is 0 Å². The van der Waals surface area contributed by atoms with Gasteiger partial charge < -0.3 is 0 Å². The number of hydrogen-bond donors (Lipinski definition) is 1. The minimum atomic E-state index is 1.21. The number of nitrogens with one attached hydrogen (secondary N) is 1. The number of nitrogens with zero attached hydrogens (tertiary/aromatic N) is 6. The molecule has 0 aliphatic heterocycles. The largest absolute Gasteiger partial charge is 0.253 e. The highest BCUT2D eigenvalue weighted by molar-refractivity contribution is 7.07. The van der Waals surface area contributed by atoms with Gasteiger partial charge in [0.05, 0.1) is 42.0 Å². The third-order valence-corrected chi connectivity index (χ3v) is 2.78. The van der Waals surface area contributed by atoms with Crippen LogP contribution in [0.4, 0.5) is 0 Å². The highest BCUT2D eigenvalue weighted by Crippen LogP contribution is 1.86. The quantitative estimate of drug-likeness (QED) is 0.534. The summed E-state index contributed by atoms with van der Waals surface area (Å²) in [5.41, 5.74) is 1.79. The van der Waals surface area contributed by atoms with E-state index in [0.29, 0.717) is 0 Å². The van der Waals surface area contributed by atoms with Crippen LogP contribution in [-0.4, -0.2) is 33.5 Å². The van der Waals surface area contributed by atoms with Gasteiger partial charge in [-0.15, -0.1) is 11.3 Å². The molecule has 20 heavy (non-hydrogen) atoms. The summed E-state index contributed by atoms with van der Waals surface area (Å²) in [4.78, 5) is 3.74. The summed E-state index contributed by atoms with van der Waals surface area (Å²) in [5, 5.41) is 13.2. The van der Waals surface area contributed by atoms with Crippen LogP contribution in [0.5, 0.6) is 0 Å². The van der Waals surface area contributed by atoms with Crippen molar-refractivity contribution in [2.45, 2.75) is 0 Å². The molecule has 10 heteroatoms. The van der Waals surface area contributed by atoms with E-state index in [9.17, 15) is 0 Å². The second-order valence-corrected chi connectivity index (χ2v) is 4.64. The standard InChI is InChI=1S/2C3H3NS.C2H3N3.C2H2N2S/c1-2-5-3-4-1;3*1-2-4-5-3-1/h2*1-3H;1-2H,(H,3,4,5);1-2H. The Kier molecular flexibility index (Phi) is 10.7. The molecule has 7 nitrogen and oxygen atoms in total. The molecule has 0 spiro atoms. The van der Waals surface area contributed by atoms with Crippen molar-refractivity contribution in [3.8, 4) is 0 Å². The fourth-order valence-corrected chi connectivity index (χ4v) is 1.63. The van der Waals surface area contributed by atoms with Crippen LogP contribution in [0.1, 0.15) is 0 Å². The molecule has 104 valence electrons. The Hall–Kier alpha value is -2.04. The number of rotatable bonds is 0. The van der Waals surface area contributed by atoms with Gasteiger partial charge in [-0.2, -0.15) is 24.2 Å². The molecule has 0 bridgehead atoms. The zero-order valence-electron chi connectivity index (χ0n) is 10.2. The minimum absolute atomic E-state index is 1.21. The van der Waals surface area contributed by atoms with E-state index in [2.05, 4.69) is 33.5 Å². The lowest BCUT2D eigenvalue weighted by atomic mass is 10.8. The first-order valence-corrected chi connectivity index (χ1v) is 7.69. The SMILES string of the molecule is c1cn[nH]n1.c1cnsc1.c1cnsn1.c1cscn1. The summed E-state index contributed by atoms with van der Waals surface area (Å²) in [6.07, 6.45) is 10.0. The first kappa shape index (κ1) is 16.0. The summed E-state index contributed by atoms with van der Waals surface area (Å²) in [6, 6.07) is 1.91. The lowest BCUT2D eigenvalue weighted by molar-refractivity contribution is 0.940. The maximum Gasteiger partial charge on any atom is 0.0791 e. The first-order chi connectivity index (χ1) is 10.0. The van der Waals surface area contributed by atoms with Crippen LogP contribution in [0.15, 0.2) is 59.5 Å². The summed E-state index contributed by atoms with van der Waals surface area (Å²) in [5.74, 6) is 0. The lowest BCUT2D eigenvalue weighted by Gasteiger charge is -1.48. The van der Waals surface area contributed by atoms with E-state index in [1.54, 1.807) is 54.0 Å². The molecule has 0 amide bonds. The Morgan fingerprint density at radius 3 is 1.75 bits per heavy atom. The van der Waals surface area contributed by atoms with Crippen molar-refractivity contribution < 1.29 is 0 Å². The van der Waals surface area contributed by atoms with Crippen LogP contribution in [0.3, 0.4) is 0 Å². The highest BCUT2D eigenvalue weighted by Gasteiger charge is 1.61. The van der Waals surface area contributed by atoms with Gasteiger partial charge in [0.25, 0.3) is 0 Å². The molecule has 4 aromatic rings. The smallest absolute Gasteiger partial charge is 0.0791 e. The van der Waals surface area contributed by atoms with Gasteiger partial charge in [0.15, 0.2) is 0 Å². The lowest BCUT2D eigenvalue weighted by Crippen LogP contribution is -1.61. The van der Waals surface area contributed by atoms with Gasteiger partial charge in [0.2, 0.25) is 0 Å². The van der Waals surface area contributed by atoms with E-state index < -0.39 is 0 Å². The molecule has 4 rings (SSSR count). The predicted octanol–water partition coefficient (Wildman–Crippen LogP) is 2.63. The summed E-state index contributed by atoms with van der Waals surface area (Å²) >= 11 is 4.28. The van der Waals surface area contributed by atoms with Gasteiger partial charge in [-0.05, 0) is 17.6 Å². The normalized spacial score (nSPS) is 8.00. The highest BCUT2D eigenvalue weighted by atomic mass is 32.1. The van der Waals surface area contributed by atoms with Crippen LogP contribution in [0.2, 0.25) is 0 Å². The van der Waals surface area contributed by atoms with Crippen LogP contribution >= 0.6 is 34.6 Å². The molecular weight excluding hydrogens is 314 g/mol. The topological polar surface area (TPSA) is 93.1 Å². The zero-order chi connectivity index (χ0) is 14.1. The van der Waals surface area contributed by atoms with Crippen LogP contribution < -0.4 is 0 Å². The van der Waals surface area contributed by atoms with Gasteiger partial charge in [-0.25, -0.2) is 4.37 Å². The van der Waals surface area contributed by atoms with Crippen LogP contribution in [-0.2, 0) is 0 Å². The maximum absolute atomic E-state index is 3.76. The molecule has 0 aliphatic rings. The fraction of sp³-hybridized carbons (Fsp3) is 0. The summed E-state index contributed by atoms with van der Waals surface area (Å²) in [6.45, 7) is 0. The number of H-pyrrole nitrogens is 1. The Bertz CT molecular complexity index is 360. The van der Waals surface area contributed by atoms with Gasteiger partial charge in [0, 0.05) is 23.2 Å². The Labute approximate surface area is 127 Å². The van der Waals surface area contributed by atoms with Crippen molar-refractivity contribution >= 4 is 34.6 Å². The van der Waals surface area contributed by atoms with E-state index in [4.69, 9.17) is 0 Å². The molecule has 1 N–H and O–H groups in total.